The van der Waals surface area contributed by atoms with E-state index in [-0.39, 0.29) is 17.3 Å². The molecule has 3 rings (SSSR count). The number of nitrogens with zero attached hydrogens (tertiary/aromatic N) is 3. The highest BCUT2D eigenvalue weighted by atomic mass is 16.2. The number of ketones is 1. The molecule has 0 spiro atoms. The highest BCUT2D eigenvalue weighted by Crippen LogP contribution is 2.22. The molecule has 0 N–H and O–H groups in total. The molecule has 1 aliphatic heterocycles. The molecule has 7 heteroatoms. The summed E-state index contributed by atoms with van der Waals surface area (Å²) in [4.78, 5) is 49.8. The van der Waals surface area contributed by atoms with Crippen LogP contribution in [0.15, 0.2) is 46.1 Å². The third kappa shape index (κ3) is 3.28. The maximum atomic E-state index is 12.4. The second-order valence-electron chi connectivity index (χ2n) is 6.24. The molecule has 134 valence electrons. The van der Waals surface area contributed by atoms with Crippen LogP contribution in [0, 0.1) is 0 Å². The minimum Gasteiger partial charge on any atom is -0.312 e. The molecule has 0 bridgehead atoms. The van der Waals surface area contributed by atoms with Gasteiger partial charge < -0.3 is 9.47 Å². The van der Waals surface area contributed by atoms with Gasteiger partial charge in [0, 0.05) is 44.5 Å². The smallest absolute Gasteiger partial charge is 0.312 e. The molecule has 26 heavy (non-hydrogen) atoms. The Morgan fingerprint density at radius 2 is 1.92 bits per heavy atom. The van der Waals surface area contributed by atoms with Crippen LogP contribution in [0.2, 0.25) is 0 Å². The summed E-state index contributed by atoms with van der Waals surface area (Å²) in [5.41, 5.74) is 0.480. The van der Waals surface area contributed by atoms with Gasteiger partial charge in [-0.25, -0.2) is 4.79 Å². The van der Waals surface area contributed by atoms with E-state index >= 15 is 0 Å². The number of amides is 1. The summed E-state index contributed by atoms with van der Waals surface area (Å²) in [5, 5.41) is 0. The number of benzene rings is 1. The zero-order valence-electron chi connectivity index (χ0n) is 14.6. The van der Waals surface area contributed by atoms with Crippen LogP contribution in [0.4, 0.5) is 5.69 Å². The van der Waals surface area contributed by atoms with Crippen molar-refractivity contribution in [2.75, 3.05) is 11.4 Å². The topological polar surface area (TPSA) is 81.4 Å². The average Bonchev–Trinajstić information content (AvgIpc) is 3.07. The van der Waals surface area contributed by atoms with E-state index < -0.39 is 11.2 Å². The van der Waals surface area contributed by atoms with Crippen molar-refractivity contribution in [3.8, 4) is 0 Å². The number of carbonyl (C=O) groups is 2. The Labute approximate surface area is 149 Å². The van der Waals surface area contributed by atoms with Gasteiger partial charge in [0.15, 0.2) is 5.78 Å². The molecule has 1 fully saturated rings. The molecule has 2 heterocycles. The van der Waals surface area contributed by atoms with E-state index in [1.54, 1.807) is 29.2 Å². The standard InChI is InChI=1S/C19H19N3O4/c1-20-12-14(18(25)21(2)19(20)26)8-9-16(23)13-5-3-6-15(11-13)22-10-4-7-17(22)24/h3,5-6,8-9,11-12H,4,7,10H2,1-2H3/b9-8+. The fraction of sp³-hybridized carbons (Fsp3) is 0.263. The molecule has 0 saturated carbocycles. The summed E-state index contributed by atoms with van der Waals surface area (Å²) in [5.74, 6) is -0.228. The maximum absolute atomic E-state index is 12.4. The van der Waals surface area contributed by atoms with Crippen molar-refractivity contribution in [1.82, 2.24) is 9.13 Å². The van der Waals surface area contributed by atoms with Gasteiger partial charge in [-0.1, -0.05) is 12.1 Å². The number of aryl methyl sites for hydroxylation is 1. The first-order chi connectivity index (χ1) is 12.4. The molecule has 0 atom stereocenters. The lowest BCUT2D eigenvalue weighted by molar-refractivity contribution is -0.117. The summed E-state index contributed by atoms with van der Waals surface area (Å²) in [6, 6.07) is 6.87. The molecule has 0 radical (unpaired) electrons. The molecular formula is C19H19N3O4. The first-order valence-electron chi connectivity index (χ1n) is 8.28. The predicted octanol–water partition coefficient (Wildman–Crippen LogP) is 1.11. The fourth-order valence-corrected chi connectivity index (χ4v) is 2.96. The third-order valence-corrected chi connectivity index (χ3v) is 4.40. The number of hydrogen-bond donors (Lipinski definition) is 0. The third-order valence-electron chi connectivity index (χ3n) is 4.40. The van der Waals surface area contributed by atoms with Gasteiger partial charge >= 0.3 is 5.69 Å². The summed E-state index contributed by atoms with van der Waals surface area (Å²) in [6.45, 7) is 0.653. The number of rotatable bonds is 4. The summed E-state index contributed by atoms with van der Waals surface area (Å²) < 4.78 is 2.27. The van der Waals surface area contributed by atoms with E-state index in [0.717, 1.165) is 11.0 Å². The first-order valence-corrected chi connectivity index (χ1v) is 8.28. The van der Waals surface area contributed by atoms with Gasteiger partial charge in [0.1, 0.15) is 0 Å². The molecule has 0 aliphatic carbocycles. The Morgan fingerprint density at radius 3 is 2.62 bits per heavy atom. The second kappa shape index (κ2) is 6.95. The fourth-order valence-electron chi connectivity index (χ4n) is 2.96. The van der Waals surface area contributed by atoms with Gasteiger partial charge in [0.25, 0.3) is 5.56 Å². The van der Waals surface area contributed by atoms with Crippen LogP contribution in [-0.2, 0) is 18.9 Å². The van der Waals surface area contributed by atoms with E-state index in [2.05, 4.69) is 0 Å². The van der Waals surface area contributed by atoms with E-state index in [1.165, 1.54) is 37.0 Å². The monoisotopic (exact) mass is 353 g/mol. The minimum absolute atomic E-state index is 0.0545. The van der Waals surface area contributed by atoms with Gasteiger partial charge in [0.05, 0.1) is 5.56 Å². The Hall–Kier alpha value is -3.22. The maximum Gasteiger partial charge on any atom is 0.330 e. The Bertz CT molecular complexity index is 1030. The molecule has 7 nitrogen and oxygen atoms in total. The quantitative estimate of drug-likeness (QED) is 0.609. The molecule has 0 unspecified atom stereocenters. The molecule has 1 aromatic heterocycles. The number of carbonyl (C=O) groups excluding carboxylic acids is 2. The van der Waals surface area contributed by atoms with Crippen LogP contribution in [0.25, 0.3) is 6.08 Å². The van der Waals surface area contributed by atoms with Gasteiger partial charge in [-0.15, -0.1) is 0 Å². The minimum atomic E-state index is -0.464. The molecule has 2 aromatic rings. The second-order valence-corrected chi connectivity index (χ2v) is 6.24. The zero-order chi connectivity index (χ0) is 18.8. The molecule has 1 aliphatic rings. The average molecular weight is 353 g/mol. The van der Waals surface area contributed by atoms with Gasteiger partial charge in [0.2, 0.25) is 5.91 Å². The molecule has 1 saturated heterocycles. The Kier molecular flexibility index (Phi) is 4.71. The summed E-state index contributed by atoms with van der Waals surface area (Å²) in [7, 11) is 2.93. The Morgan fingerprint density at radius 1 is 1.15 bits per heavy atom. The highest BCUT2D eigenvalue weighted by Gasteiger charge is 2.22. The van der Waals surface area contributed by atoms with Crippen LogP contribution < -0.4 is 16.1 Å². The number of hydrogen-bond acceptors (Lipinski definition) is 4. The largest absolute Gasteiger partial charge is 0.330 e. The van der Waals surface area contributed by atoms with Crippen molar-refractivity contribution in [2.45, 2.75) is 12.8 Å². The van der Waals surface area contributed by atoms with E-state index in [9.17, 15) is 19.2 Å². The van der Waals surface area contributed by atoms with Crippen molar-refractivity contribution in [3.05, 3.63) is 68.5 Å². The van der Waals surface area contributed by atoms with Crippen LogP contribution in [0.3, 0.4) is 0 Å². The van der Waals surface area contributed by atoms with Gasteiger partial charge in [-0.2, -0.15) is 0 Å². The lowest BCUT2D eigenvalue weighted by atomic mass is 10.1. The van der Waals surface area contributed by atoms with Crippen LogP contribution in [-0.4, -0.2) is 27.4 Å². The number of anilines is 1. The SMILES string of the molecule is Cn1cc(/C=C/C(=O)c2cccc(N3CCCC3=O)c2)c(=O)n(C)c1=O. The van der Waals surface area contributed by atoms with Crippen molar-refractivity contribution >= 4 is 23.5 Å². The van der Waals surface area contributed by atoms with Crippen LogP contribution >= 0.6 is 0 Å². The summed E-state index contributed by atoms with van der Waals surface area (Å²) in [6.07, 6.45) is 5.43. The first kappa shape index (κ1) is 17.6. The number of aromatic nitrogens is 2. The van der Waals surface area contributed by atoms with Crippen molar-refractivity contribution in [2.24, 2.45) is 14.1 Å². The number of allylic oxidation sites excluding steroid dienone is 1. The zero-order valence-corrected chi connectivity index (χ0v) is 14.6. The molecule has 1 aromatic carbocycles. The summed E-state index contributed by atoms with van der Waals surface area (Å²) >= 11 is 0. The lowest BCUT2D eigenvalue weighted by Crippen LogP contribution is -2.37. The molecule has 1 amide bonds. The molecular weight excluding hydrogens is 334 g/mol. The lowest BCUT2D eigenvalue weighted by Gasteiger charge is -2.16. The van der Waals surface area contributed by atoms with Crippen molar-refractivity contribution in [3.63, 3.8) is 0 Å². The van der Waals surface area contributed by atoms with Gasteiger partial charge in [-0.05, 0) is 30.7 Å². The Balaban J connectivity index is 1.87. The van der Waals surface area contributed by atoms with Crippen LogP contribution in [0.1, 0.15) is 28.8 Å². The van der Waals surface area contributed by atoms with Crippen LogP contribution in [0.5, 0.6) is 0 Å². The van der Waals surface area contributed by atoms with Gasteiger partial charge in [-0.3, -0.25) is 19.0 Å². The normalized spacial score (nSPS) is 14.4. The predicted molar refractivity (Wildman–Crippen MR) is 98.3 cm³/mol. The van der Waals surface area contributed by atoms with E-state index in [1.807, 2.05) is 0 Å². The van der Waals surface area contributed by atoms with E-state index in [0.29, 0.717) is 24.2 Å². The van der Waals surface area contributed by atoms with Crippen molar-refractivity contribution in [1.29, 1.82) is 0 Å². The highest BCUT2D eigenvalue weighted by molar-refractivity contribution is 6.08. The van der Waals surface area contributed by atoms with E-state index in [4.69, 9.17) is 0 Å². The van der Waals surface area contributed by atoms with Crippen molar-refractivity contribution < 1.29 is 9.59 Å².